The Morgan fingerprint density at radius 2 is 2.06 bits per heavy atom. The molecule has 1 aromatic carbocycles. The highest BCUT2D eigenvalue weighted by Gasteiger charge is 2.16. The van der Waals surface area contributed by atoms with Gasteiger partial charge in [-0.15, -0.1) is 0 Å². The predicted octanol–water partition coefficient (Wildman–Crippen LogP) is 3.66. The lowest BCUT2D eigenvalue weighted by molar-refractivity contribution is 0.273. The molecule has 0 spiro atoms. The van der Waals surface area contributed by atoms with E-state index in [0.717, 1.165) is 12.8 Å². The second-order valence-corrected chi connectivity index (χ2v) is 4.78. The highest BCUT2D eigenvalue weighted by atomic mass is 16.3. The molecule has 1 aromatic heterocycles. The summed E-state index contributed by atoms with van der Waals surface area (Å²) >= 11 is 0. The number of aryl methyl sites for hydroxylation is 2. The summed E-state index contributed by atoms with van der Waals surface area (Å²) in [4.78, 5) is 3.56. The zero-order valence-electron chi connectivity index (χ0n) is 10.9. The number of aromatic nitrogens is 1. The molecule has 2 nitrogen and oxygen atoms in total. The maximum Gasteiger partial charge on any atom is 0.0488 e. The molecular formula is C15H21NO. The van der Waals surface area contributed by atoms with E-state index >= 15 is 0 Å². The number of aliphatic hydroxyl groups excluding tert-OH is 1. The summed E-state index contributed by atoms with van der Waals surface area (Å²) in [6.07, 6.45) is 1.90. The first kappa shape index (κ1) is 12.2. The van der Waals surface area contributed by atoms with Crippen molar-refractivity contribution in [1.82, 2.24) is 4.98 Å². The van der Waals surface area contributed by atoms with Crippen LogP contribution in [0.4, 0.5) is 0 Å². The summed E-state index contributed by atoms with van der Waals surface area (Å²) in [6.45, 7) is 6.74. The number of hydrogen-bond donors (Lipinski definition) is 2. The van der Waals surface area contributed by atoms with Gasteiger partial charge in [0, 0.05) is 29.1 Å². The van der Waals surface area contributed by atoms with Crippen molar-refractivity contribution in [1.29, 1.82) is 0 Å². The summed E-state index contributed by atoms with van der Waals surface area (Å²) in [5, 5.41) is 10.5. The number of aliphatic hydroxyl groups is 1. The molecule has 0 aliphatic carbocycles. The Morgan fingerprint density at radius 3 is 2.65 bits per heavy atom. The number of para-hydroxylation sites is 1. The van der Waals surface area contributed by atoms with Crippen LogP contribution in [-0.2, 0) is 0 Å². The number of aromatic amines is 1. The molecule has 1 atom stereocenters. The van der Waals surface area contributed by atoms with Gasteiger partial charge in [0.1, 0.15) is 0 Å². The lowest BCUT2D eigenvalue weighted by Gasteiger charge is -2.12. The van der Waals surface area contributed by atoms with Gasteiger partial charge in [-0.25, -0.2) is 0 Å². The summed E-state index contributed by atoms with van der Waals surface area (Å²) in [7, 11) is 0. The zero-order chi connectivity index (χ0) is 12.4. The Bertz CT molecular complexity index is 513. The van der Waals surface area contributed by atoms with Crippen molar-refractivity contribution in [2.45, 2.75) is 39.5 Å². The molecule has 0 bridgehead atoms. The molecule has 0 fully saturated rings. The van der Waals surface area contributed by atoms with Crippen LogP contribution in [0.25, 0.3) is 10.9 Å². The van der Waals surface area contributed by atoms with Crippen LogP contribution >= 0.6 is 0 Å². The average Bonchev–Trinajstić information content (AvgIpc) is 2.66. The first-order valence-electron chi connectivity index (χ1n) is 6.37. The minimum atomic E-state index is 0.256. The molecule has 0 aliphatic heterocycles. The lowest BCUT2D eigenvalue weighted by atomic mass is 9.95. The van der Waals surface area contributed by atoms with Gasteiger partial charge in [0.05, 0.1) is 0 Å². The molecule has 2 N–H and O–H groups in total. The van der Waals surface area contributed by atoms with Gasteiger partial charge in [0.2, 0.25) is 0 Å². The van der Waals surface area contributed by atoms with E-state index in [1.807, 2.05) is 0 Å². The Labute approximate surface area is 103 Å². The van der Waals surface area contributed by atoms with Crippen LogP contribution in [-0.4, -0.2) is 16.7 Å². The van der Waals surface area contributed by atoms with Gasteiger partial charge >= 0.3 is 0 Å². The van der Waals surface area contributed by atoms with Crippen LogP contribution in [0.15, 0.2) is 18.2 Å². The molecule has 2 heteroatoms. The molecule has 0 saturated heterocycles. The van der Waals surface area contributed by atoms with E-state index in [4.69, 9.17) is 5.11 Å². The van der Waals surface area contributed by atoms with Gasteiger partial charge in [-0.1, -0.05) is 25.1 Å². The van der Waals surface area contributed by atoms with Crippen LogP contribution in [0.1, 0.15) is 42.5 Å². The second kappa shape index (κ2) is 4.92. The van der Waals surface area contributed by atoms with Gasteiger partial charge in [-0.3, -0.25) is 0 Å². The average molecular weight is 231 g/mol. The van der Waals surface area contributed by atoms with E-state index in [2.05, 4.69) is 44.0 Å². The van der Waals surface area contributed by atoms with Gasteiger partial charge in [-0.2, -0.15) is 0 Å². The number of hydrogen-bond acceptors (Lipinski definition) is 1. The number of benzene rings is 1. The lowest BCUT2D eigenvalue weighted by Crippen LogP contribution is -2.02. The second-order valence-electron chi connectivity index (χ2n) is 4.78. The third-order valence-corrected chi connectivity index (χ3v) is 3.72. The van der Waals surface area contributed by atoms with Crippen LogP contribution in [0.3, 0.4) is 0 Å². The maximum atomic E-state index is 9.14. The van der Waals surface area contributed by atoms with Crippen molar-refractivity contribution in [3.63, 3.8) is 0 Å². The SMILES string of the molecule is CCC(CCO)c1[nH]c2c(C)cccc2c1C. The van der Waals surface area contributed by atoms with Gasteiger partial charge in [-0.05, 0) is 37.8 Å². The van der Waals surface area contributed by atoms with Gasteiger partial charge in [0.25, 0.3) is 0 Å². The summed E-state index contributed by atoms with van der Waals surface area (Å²) in [6, 6.07) is 6.41. The van der Waals surface area contributed by atoms with Gasteiger partial charge in [0.15, 0.2) is 0 Å². The Balaban J connectivity index is 2.54. The molecule has 0 aliphatic rings. The fraction of sp³-hybridized carbons (Fsp3) is 0.467. The highest BCUT2D eigenvalue weighted by Crippen LogP contribution is 2.31. The summed E-state index contributed by atoms with van der Waals surface area (Å²) in [5.41, 5.74) is 5.17. The van der Waals surface area contributed by atoms with Crippen LogP contribution in [0.5, 0.6) is 0 Å². The molecule has 17 heavy (non-hydrogen) atoms. The van der Waals surface area contributed by atoms with Crippen LogP contribution in [0, 0.1) is 13.8 Å². The van der Waals surface area contributed by atoms with Crippen LogP contribution in [0.2, 0.25) is 0 Å². The molecule has 92 valence electrons. The molecule has 0 radical (unpaired) electrons. The van der Waals surface area contributed by atoms with E-state index in [1.54, 1.807) is 0 Å². The first-order valence-corrected chi connectivity index (χ1v) is 6.37. The van der Waals surface area contributed by atoms with Gasteiger partial charge < -0.3 is 10.1 Å². The summed E-state index contributed by atoms with van der Waals surface area (Å²) < 4.78 is 0. The number of rotatable bonds is 4. The van der Waals surface area contributed by atoms with Crippen molar-refractivity contribution < 1.29 is 5.11 Å². The highest BCUT2D eigenvalue weighted by molar-refractivity contribution is 5.87. The number of H-pyrrole nitrogens is 1. The quantitative estimate of drug-likeness (QED) is 0.827. The van der Waals surface area contributed by atoms with Crippen molar-refractivity contribution in [3.8, 4) is 0 Å². The molecular weight excluding hydrogens is 210 g/mol. The Kier molecular flexibility index (Phi) is 3.53. The minimum absolute atomic E-state index is 0.256. The fourth-order valence-corrected chi connectivity index (χ4v) is 2.64. The molecule has 0 saturated carbocycles. The topological polar surface area (TPSA) is 36.0 Å². The zero-order valence-corrected chi connectivity index (χ0v) is 10.9. The molecule has 1 heterocycles. The summed E-state index contributed by atoms with van der Waals surface area (Å²) in [5.74, 6) is 0.437. The monoisotopic (exact) mass is 231 g/mol. The van der Waals surface area contributed by atoms with Crippen molar-refractivity contribution in [2.75, 3.05) is 6.61 Å². The molecule has 2 rings (SSSR count). The van der Waals surface area contributed by atoms with Crippen molar-refractivity contribution in [3.05, 3.63) is 35.0 Å². The first-order chi connectivity index (χ1) is 8.19. The standard InChI is InChI=1S/C15H21NO/c1-4-12(8-9-17)15-11(3)13-7-5-6-10(2)14(13)16-15/h5-7,12,16-17H,4,8-9H2,1-3H3. The largest absolute Gasteiger partial charge is 0.396 e. The fourth-order valence-electron chi connectivity index (χ4n) is 2.64. The number of nitrogens with one attached hydrogen (secondary N) is 1. The minimum Gasteiger partial charge on any atom is -0.396 e. The normalized spacial score (nSPS) is 13.2. The van der Waals surface area contributed by atoms with E-state index in [9.17, 15) is 0 Å². The third kappa shape index (κ3) is 2.09. The molecule has 2 aromatic rings. The Morgan fingerprint density at radius 1 is 1.29 bits per heavy atom. The van der Waals surface area contributed by atoms with E-state index in [-0.39, 0.29) is 6.61 Å². The number of fused-ring (bicyclic) bond motifs is 1. The Hall–Kier alpha value is -1.28. The van der Waals surface area contributed by atoms with E-state index < -0.39 is 0 Å². The molecule has 1 unspecified atom stereocenters. The van der Waals surface area contributed by atoms with E-state index in [1.165, 1.54) is 27.7 Å². The predicted molar refractivity (Wildman–Crippen MR) is 72.5 cm³/mol. The molecule has 0 amide bonds. The third-order valence-electron chi connectivity index (χ3n) is 3.72. The van der Waals surface area contributed by atoms with E-state index in [0.29, 0.717) is 5.92 Å². The smallest absolute Gasteiger partial charge is 0.0488 e. The van der Waals surface area contributed by atoms with Crippen molar-refractivity contribution in [2.24, 2.45) is 0 Å². The van der Waals surface area contributed by atoms with Crippen molar-refractivity contribution >= 4 is 10.9 Å². The van der Waals surface area contributed by atoms with Crippen LogP contribution < -0.4 is 0 Å². The maximum absolute atomic E-state index is 9.14.